The summed E-state index contributed by atoms with van der Waals surface area (Å²) in [6, 6.07) is 2.35. The van der Waals surface area contributed by atoms with E-state index in [0.717, 1.165) is 11.8 Å². The second-order valence-electron chi connectivity index (χ2n) is 17.3. The number of hydrazone groups is 1. The summed E-state index contributed by atoms with van der Waals surface area (Å²) in [7, 11) is 7.50. The number of cyclic esters (lactones) is 1. The molecule has 3 rings (SSSR count). The van der Waals surface area contributed by atoms with Gasteiger partial charge in [-0.1, -0.05) is 30.7 Å². The van der Waals surface area contributed by atoms with Gasteiger partial charge in [0, 0.05) is 66.2 Å². The minimum Gasteiger partial charge on any atom is -0.495 e. The lowest BCUT2D eigenvalue weighted by molar-refractivity contribution is -0.162. The lowest BCUT2D eigenvalue weighted by atomic mass is 9.83. The Morgan fingerprint density at radius 3 is 2.20 bits per heavy atom. The third kappa shape index (κ3) is 17.1. The van der Waals surface area contributed by atoms with Gasteiger partial charge in [0.05, 0.1) is 78.2 Å². The number of amides is 4. The standard InChI is InChI=1S/C47H74ClN7O15/c1-11-13-37(63-10)47(61)27-36(68-45(60)51-47)31(3)43-46(5,70-43)38(26-41(58)55(8)34-24-30(2)25-35(62-9)42(34)48)69-44(59)32(4)54(7)40(57)15-12-14-39(56)53(6)16-17-64-18-19-65-20-21-66-22-23-67-29-33(28-49)52-50/h11,13,24-25,28,31-32,36-38,43,49,61H,12,14-23,26-27,29,50H2,1-10H3,(H,51,60)/b13-11+,49-28?,52-33?/t31-,32+,36+,37-,38+,43+,46+,47+/m1/s1. The monoisotopic (exact) mass is 1010 g/mol. The van der Waals surface area contributed by atoms with Crippen LogP contribution in [-0.4, -0.2) is 193 Å². The molecule has 0 unspecified atom stereocenters. The van der Waals surface area contributed by atoms with Crippen molar-refractivity contribution in [1.29, 1.82) is 5.41 Å². The Morgan fingerprint density at radius 2 is 1.61 bits per heavy atom. The molecular weight excluding hydrogens is 938 g/mol. The highest BCUT2D eigenvalue weighted by atomic mass is 35.5. The highest BCUT2D eigenvalue weighted by Crippen LogP contribution is 2.49. The van der Waals surface area contributed by atoms with Crippen molar-refractivity contribution in [2.45, 2.75) is 109 Å². The van der Waals surface area contributed by atoms with Crippen LogP contribution >= 0.6 is 11.6 Å². The fourth-order valence-corrected chi connectivity index (χ4v) is 8.02. The number of carbonyl (C=O) groups is 5. The summed E-state index contributed by atoms with van der Waals surface area (Å²) < 4.78 is 50.7. The normalized spacial score (nSPS) is 21.7. The fraction of sp³-hybridized carbons (Fsp3) is 0.681. The van der Waals surface area contributed by atoms with Gasteiger partial charge in [0.25, 0.3) is 0 Å². The summed E-state index contributed by atoms with van der Waals surface area (Å²) in [6.45, 7) is 11.3. The van der Waals surface area contributed by atoms with Gasteiger partial charge in [0.1, 0.15) is 46.4 Å². The van der Waals surface area contributed by atoms with Crippen molar-refractivity contribution >= 4 is 59.0 Å². The van der Waals surface area contributed by atoms with E-state index < -0.39 is 71.6 Å². The topological polar surface area (TPSA) is 276 Å². The predicted molar refractivity (Wildman–Crippen MR) is 259 cm³/mol. The number of carbonyl (C=O) groups excluding carboxylic acids is 5. The number of benzene rings is 1. The number of alkyl carbamates (subject to hydrolysis) is 1. The Balaban J connectivity index is 1.56. The van der Waals surface area contributed by atoms with Crippen LogP contribution in [0.4, 0.5) is 10.5 Å². The van der Waals surface area contributed by atoms with Crippen LogP contribution in [0.25, 0.3) is 0 Å². The molecule has 2 aliphatic rings. The van der Waals surface area contributed by atoms with Crippen LogP contribution < -0.4 is 20.8 Å². The van der Waals surface area contributed by atoms with Crippen LogP contribution in [0.1, 0.15) is 65.4 Å². The summed E-state index contributed by atoms with van der Waals surface area (Å²) in [5, 5.41) is 24.7. The average molecular weight is 1010 g/mol. The number of rotatable bonds is 32. The molecule has 0 saturated carbocycles. The number of nitrogens with one attached hydrogen (secondary N) is 2. The molecule has 1 aromatic rings. The van der Waals surface area contributed by atoms with E-state index in [1.54, 1.807) is 52.1 Å². The zero-order valence-electron chi connectivity index (χ0n) is 42.2. The molecule has 2 aliphatic heterocycles. The van der Waals surface area contributed by atoms with E-state index in [9.17, 15) is 29.1 Å². The molecule has 8 atom stereocenters. The number of aliphatic hydroxyl groups is 1. The summed E-state index contributed by atoms with van der Waals surface area (Å²) in [4.78, 5) is 71.1. The van der Waals surface area contributed by atoms with Gasteiger partial charge in [-0.2, -0.15) is 5.10 Å². The Bertz CT molecular complexity index is 1980. The first-order valence-electron chi connectivity index (χ1n) is 23.1. The van der Waals surface area contributed by atoms with Crippen LogP contribution in [0.3, 0.4) is 0 Å². The van der Waals surface area contributed by atoms with Gasteiger partial charge in [0.2, 0.25) is 17.7 Å². The number of likely N-dealkylation sites (N-methyl/N-ethyl adjacent to an activating group) is 2. The first-order valence-corrected chi connectivity index (χ1v) is 23.5. The molecule has 5 N–H and O–H groups in total. The maximum atomic E-state index is 14.1. The lowest BCUT2D eigenvalue weighted by Crippen LogP contribution is -2.63. The molecule has 22 nitrogen and oxygen atoms in total. The number of allylic oxidation sites excluding steroid dienone is 1. The number of nitrogens with zero attached hydrogens (tertiary/aromatic N) is 4. The van der Waals surface area contributed by atoms with Crippen molar-refractivity contribution in [3.05, 3.63) is 34.9 Å². The first-order chi connectivity index (χ1) is 33.2. The second kappa shape index (κ2) is 28.8. The zero-order chi connectivity index (χ0) is 52.2. The molecular formula is C47H74ClN7O15. The van der Waals surface area contributed by atoms with Gasteiger partial charge in [-0.3, -0.25) is 19.7 Å². The molecule has 0 radical (unpaired) electrons. The van der Waals surface area contributed by atoms with Crippen LogP contribution in [0.5, 0.6) is 5.75 Å². The molecule has 1 aromatic carbocycles. The molecule has 0 bridgehead atoms. The van der Waals surface area contributed by atoms with Crippen molar-refractivity contribution in [2.24, 2.45) is 16.9 Å². The van der Waals surface area contributed by atoms with Gasteiger partial charge in [-0.15, -0.1) is 0 Å². The van der Waals surface area contributed by atoms with E-state index in [4.69, 9.17) is 65.5 Å². The quantitative estimate of drug-likeness (QED) is 0.0154. The number of esters is 1. The maximum Gasteiger partial charge on any atom is 0.409 e. The number of aryl methyl sites for hydroxylation is 1. The Hall–Kier alpha value is -4.94. The average Bonchev–Trinajstić information content (AvgIpc) is 4.03. The summed E-state index contributed by atoms with van der Waals surface area (Å²) in [5.74, 6) is 3.03. The number of ether oxygens (including phenoxy) is 9. The Kier molecular flexibility index (Phi) is 24.4. The molecule has 0 aliphatic carbocycles. The van der Waals surface area contributed by atoms with Crippen LogP contribution in [0.15, 0.2) is 29.4 Å². The summed E-state index contributed by atoms with van der Waals surface area (Å²) >= 11 is 6.64. The van der Waals surface area contributed by atoms with E-state index in [-0.39, 0.29) is 56.2 Å². The lowest BCUT2D eigenvalue weighted by Gasteiger charge is -2.42. The van der Waals surface area contributed by atoms with E-state index in [1.807, 2.05) is 6.92 Å². The van der Waals surface area contributed by atoms with Crippen molar-refractivity contribution in [2.75, 3.05) is 99.7 Å². The predicted octanol–water partition coefficient (Wildman–Crippen LogP) is 3.00. The molecule has 0 aromatic heterocycles. The number of halogens is 1. The van der Waals surface area contributed by atoms with Crippen molar-refractivity contribution in [1.82, 2.24) is 15.1 Å². The largest absolute Gasteiger partial charge is 0.495 e. The first kappa shape index (κ1) is 59.4. The smallest absolute Gasteiger partial charge is 0.409 e. The van der Waals surface area contributed by atoms with E-state index >= 15 is 0 Å². The number of methoxy groups -OCH3 is 2. The minimum absolute atomic E-state index is 0.0276. The molecule has 2 saturated heterocycles. The Morgan fingerprint density at radius 1 is 1.00 bits per heavy atom. The summed E-state index contributed by atoms with van der Waals surface area (Å²) in [5.41, 5.74) is -1.63. The maximum absolute atomic E-state index is 14.1. The van der Waals surface area contributed by atoms with Crippen LogP contribution in [0, 0.1) is 18.3 Å². The molecule has 70 heavy (non-hydrogen) atoms. The van der Waals surface area contributed by atoms with Gasteiger partial charge in [-0.05, 0) is 51.8 Å². The summed E-state index contributed by atoms with van der Waals surface area (Å²) in [6.07, 6.45) is -0.406. The van der Waals surface area contributed by atoms with Crippen molar-refractivity contribution in [3.63, 3.8) is 0 Å². The van der Waals surface area contributed by atoms with E-state index in [1.165, 1.54) is 49.9 Å². The van der Waals surface area contributed by atoms with Gasteiger partial charge in [0.15, 0.2) is 5.72 Å². The number of anilines is 1. The van der Waals surface area contributed by atoms with E-state index in [2.05, 4.69) is 10.4 Å². The number of hydrogen-bond acceptors (Lipinski definition) is 18. The zero-order valence-corrected chi connectivity index (χ0v) is 42.9. The molecule has 2 fully saturated rings. The second-order valence-corrected chi connectivity index (χ2v) is 17.7. The van der Waals surface area contributed by atoms with Crippen LogP contribution in [-0.2, 0) is 57.1 Å². The molecule has 23 heteroatoms. The molecule has 394 valence electrons. The van der Waals surface area contributed by atoms with Gasteiger partial charge < -0.3 is 73.7 Å². The molecule has 4 amide bonds. The van der Waals surface area contributed by atoms with Gasteiger partial charge >= 0.3 is 12.1 Å². The van der Waals surface area contributed by atoms with E-state index in [0.29, 0.717) is 63.3 Å². The van der Waals surface area contributed by atoms with Crippen LogP contribution in [0.2, 0.25) is 5.02 Å². The fourth-order valence-electron chi connectivity index (χ4n) is 7.70. The third-order valence-electron chi connectivity index (χ3n) is 12.3. The number of epoxide rings is 1. The highest BCUT2D eigenvalue weighted by Gasteiger charge is 2.64. The number of hydrogen-bond donors (Lipinski definition) is 4. The third-order valence-corrected chi connectivity index (χ3v) is 12.7. The van der Waals surface area contributed by atoms with Crippen molar-refractivity contribution in [3.8, 4) is 5.75 Å². The minimum atomic E-state index is -1.81. The highest BCUT2D eigenvalue weighted by molar-refractivity contribution is 6.35. The molecule has 2 heterocycles. The van der Waals surface area contributed by atoms with Crippen molar-refractivity contribution < 1.29 is 71.7 Å². The van der Waals surface area contributed by atoms with Gasteiger partial charge in [-0.25, -0.2) is 9.59 Å². The molecule has 0 spiro atoms. The Labute approximate surface area is 415 Å². The SMILES string of the molecule is C/C=C/[C@@H](OC)[C@@]1(O)C[C@@H]([C@@H](C)[C@@H]2O[C@@]2(C)[C@H](CC(=O)N(C)c2cc(C)cc(OC)c2Cl)OC(=O)[C@H](C)N(C)C(=O)CCCC(=O)N(C)CCOCCOCCOCCOCC(C=N)=NN)OC(=O)N1. The number of nitrogens with two attached hydrogens (primary N) is 1.